The molecule has 0 saturated heterocycles. The van der Waals surface area contributed by atoms with Crippen molar-refractivity contribution in [2.45, 2.75) is 32.0 Å². The van der Waals surface area contributed by atoms with Crippen LogP contribution in [0.15, 0.2) is 24.3 Å². The Labute approximate surface area is 140 Å². The van der Waals surface area contributed by atoms with E-state index in [-0.39, 0.29) is 30.1 Å². The molecule has 0 aliphatic rings. The van der Waals surface area contributed by atoms with Crippen molar-refractivity contribution in [3.8, 4) is 5.75 Å². The predicted octanol–water partition coefficient (Wildman–Crippen LogP) is 3.23. The van der Waals surface area contributed by atoms with Crippen LogP contribution in [0.25, 0.3) is 0 Å². The van der Waals surface area contributed by atoms with Gasteiger partial charge in [0.05, 0.1) is 6.04 Å². The normalized spacial score (nSPS) is 12.2. The second-order valence-corrected chi connectivity index (χ2v) is 4.97. The largest absolute Gasteiger partial charge is 0.484 e. The third-order valence-electron chi connectivity index (χ3n) is 2.99. The Morgan fingerprint density at radius 2 is 1.87 bits per heavy atom. The van der Waals surface area contributed by atoms with Crippen molar-refractivity contribution in [3.05, 3.63) is 29.8 Å². The van der Waals surface area contributed by atoms with Gasteiger partial charge in [-0.1, -0.05) is 12.1 Å². The Morgan fingerprint density at radius 1 is 1.26 bits per heavy atom. The number of halogens is 4. The molecule has 0 aromatic heterocycles. The molecule has 4 nitrogen and oxygen atoms in total. The molecule has 0 fully saturated rings. The molecule has 1 amide bonds. The summed E-state index contributed by atoms with van der Waals surface area (Å²) < 4.78 is 40.8. The van der Waals surface area contributed by atoms with Gasteiger partial charge >= 0.3 is 6.18 Å². The first-order valence-corrected chi connectivity index (χ1v) is 7.05. The average Bonchev–Trinajstić information content (AvgIpc) is 2.45. The van der Waals surface area contributed by atoms with Crippen LogP contribution in [-0.4, -0.2) is 32.3 Å². The van der Waals surface area contributed by atoms with Crippen LogP contribution in [0.2, 0.25) is 0 Å². The minimum Gasteiger partial charge on any atom is -0.484 e. The molecule has 132 valence electrons. The Morgan fingerprint density at radius 3 is 2.39 bits per heavy atom. The number of ether oxygens (including phenoxy) is 1. The lowest BCUT2D eigenvalue weighted by atomic mass is 10.1. The maximum atomic E-state index is 12.0. The van der Waals surface area contributed by atoms with Crippen molar-refractivity contribution in [3.63, 3.8) is 0 Å². The molecule has 8 heteroatoms. The van der Waals surface area contributed by atoms with Gasteiger partial charge in [0.25, 0.3) is 0 Å². The second kappa shape index (κ2) is 10.3. The van der Waals surface area contributed by atoms with Crippen LogP contribution in [0.4, 0.5) is 13.2 Å². The topological polar surface area (TPSA) is 50.4 Å². The van der Waals surface area contributed by atoms with Crippen molar-refractivity contribution in [2.24, 2.45) is 0 Å². The number of alkyl halides is 3. The van der Waals surface area contributed by atoms with Gasteiger partial charge in [-0.2, -0.15) is 13.2 Å². The number of amides is 1. The smallest absolute Gasteiger partial charge is 0.422 e. The summed E-state index contributed by atoms with van der Waals surface area (Å²) in [5.41, 5.74) is 0.807. The van der Waals surface area contributed by atoms with Gasteiger partial charge in [-0.15, -0.1) is 12.4 Å². The molecule has 0 aliphatic carbocycles. The molecule has 1 aromatic carbocycles. The molecule has 0 spiro atoms. The number of benzene rings is 1. The molecule has 0 aliphatic heterocycles. The van der Waals surface area contributed by atoms with E-state index in [9.17, 15) is 18.0 Å². The van der Waals surface area contributed by atoms with Gasteiger partial charge < -0.3 is 15.4 Å². The van der Waals surface area contributed by atoms with E-state index in [2.05, 4.69) is 15.4 Å². The number of rotatable bonds is 8. The van der Waals surface area contributed by atoms with Crippen LogP contribution >= 0.6 is 12.4 Å². The average molecular weight is 355 g/mol. The summed E-state index contributed by atoms with van der Waals surface area (Å²) in [5, 5.41) is 5.81. The SMILES string of the molecule is CNCCCC(=O)NC(C)c1ccc(OCC(F)(F)F)cc1.Cl. The highest BCUT2D eigenvalue weighted by atomic mass is 35.5. The monoisotopic (exact) mass is 354 g/mol. The molecule has 0 heterocycles. The molecule has 1 atom stereocenters. The Bertz CT molecular complexity index is 467. The summed E-state index contributed by atoms with van der Waals surface area (Å²) in [5.74, 6) is 0.0915. The van der Waals surface area contributed by atoms with Crippen molar-refractivity contribution in [1.29, 1.82) is 0 Å². The number of carbonyl (C=O) groups is 1. The summed E-state index contributed by atoms with van der Waals surface area (Å²) in [6.45, 7) is 1.28. The Hall–Kier alpha value is -1.47. The van der Waals surface area contributed by atoms with Crippen LogP contribution in [0.3, 0.4) is 0 Å². The molecule has 1 unspecified atom stereocenters. The Balaban J connectivity index is 0.00000484. The van der Waals surface area contributed by atoms with Gasteiger partial charge in [0.2, 0.25) is 5.91 Å². The van der Waals surface area contributed by atoms with Crippen molar-refractivity contribution >= 4 is 18.3 Å². The highest BCUT2D eigenvalue weighted by molar-refractivity contribution is 5.85. The zero-order valence-corrected chi connectivity index (χ0v) is 13.9. The van der Waals surface area contributed by atoms with Crippen molar-refractivity contribution in [2.75, 3.05) is 20.2 Å². The van der Waals surface area contributed by atoms with E-state index in [1.807, 2.05) is 14.0 Å². The number of nitrogens with one attached hydrogen (secondary N) is 2. The maximum Gasteiger partial charge on any atom is 0.422 e. The van der Waals surface area contributed by atoms with Crippen molar-refractivity contribution < 1.29 is 22.7 Å². The van der Waals surface area contributed by atoms with Crippen LogP contribution in [0.5, 0.6) is 5.75 Å². The maximum absolute atomic E-state index is 12.0. The second-order valence-electron chi connectivity index (χ2n) is 4.97. The number of hydrogen-bond acceptors (Lipinski definition) is 3. The van der Waals surface area contributed by atoms with Gasteiger partial charge in [0.1, 0.15) is 5.75 Å². The summed E-state index contributed by atoms with van der Waals surface area (Å²) in [6.07, 6.45) is -3.18. The van der Waals surface area contributed by atoms with Gasteiger partial charge in [0, 0.05) is 6.42 Å². The first-order chi connectivity index (χ1) is 10.3. The van der Waals surface area contributed by atoms with E-state index in [0.717, 1.165) is 18.5 Å². The lowest BCUT2D eigenvalue weighted by Gasteiger charge is -2.15. The minimum atomic E-state index is -4.35. The van der Waals surface area contributed by atoms with Crippen LogP contribution in [0, 0.1) is 0 Å². The minimum absolute atomic E-state index is 0. The summed E-state index contributed by atoms with van der Waals surface area (Å²) in [4.78, 5) is 11.7. The van der Waals surface area contributed by atoms with E-state index < -0.39 is 12.8 Å². The summed E-state index contributed by atoms with van der Waals surface area (Å²) in [7, 11) is 1.82. The molecule has 23 heavy (non-hydrogen) atoms. The fourth-order valence-corrected chi connectivity index (χ4v) is 1.84. The molecular formula is C15H22ClF3N2O2. The van der Waals surface area contributed by atoms with E-state index in [0.29, 0.717) is 6.42 Å². The lowest BCUT2D eigenvalue weighted by Crippen LogP contribution is -2.27. The quantitative estimate of drug-likeness (QED) is 0.705. The van der Waals surface area contributed by atoms with E-state index in [4.69, 9.17) is 0 Å². The number of hydrogen-bond donors (Lipinski definition) is 2. The number of carbonyl (C=O) groups excluding carboxylic acids is 1. The summed E-state index contributed by atoms with van der Waals surface area (Å²) in [6, 6.07) is 6.00. The third kappa shape index (κ3) is 9.30. The molecular weight excluding hydrogens is 333 g/mol. The van der Waals surface area contributed by atoms with E-state index in [1.54, 1.807) is 12.1 Å². The fraction of sp³-hybridized carbons (Fsp3) is 0.533. The third-order valence-corrected chi connectivity index (χ3v) is 2.99. The van der Waals surface area contributed by atoms with Crippen LogP contribution in [0.1, 0.15) is 31.4 Å². The van der Waals surface area contributed by atoms with Gasteiger partial charge in [-0.05, 0) is 44.6 Å². The lowest BCUT2D eigenvalue weighted by molar-refractivity contribution is -0.153. The van der Waals surface area contributed by atoms with Crippen LogP contribution < -0.4 is 15.4 Å². The van der Waals surface area contributed by atoms with Gasteiger partial charge in [-0.25, -0.2) is 0 Å². The molecule has 0 saturated carbocycles. The molecule has 1 rings (SSSR count). The summed E-state index contributed by atoms with van der Waals surface area (Å²) >= 11 is 0. The molecule has 2 N–H and O–H groups in total. The fourth-order valence-electron chi connectivity index (χ4n) is 1.84. The van der Waals surface area contributed by atoms with E-state index in [1.165, 1.54) is 12.1 Å². The molecule has 1 aromatic rings. The zero-order valence-electron chi connectivity index (χ0n) is 13.1. The standard InChI is InChI=1S/C15H21F3N2O2.ClH/c1-11(20-14(21)4-3-9-19-2)12-5-7-13(8-6-12)22-10-15(16,17)18;/h5-8,11,19H,3-4,9-10H2,1-2H3,(H,20,21);1H. The highest BCUT2D eigenvalue weighted by Crippen LogP contribution is 2.21. The van der Waals surface area contributed by atoms with Crippen LogP contribution in [-0.2, 0) is 4.79 Å². The first-order valence-electron chi connectivity index (χ1n) is 7.05. The van der Waals surface area contributed by atoms with Gasteiger partial charge in [-0.3, -0.25) is 4.79 Å². The first kappa shape index (κ1) is 21.5. The van der Waals surface area contributed by atoms with Gasteiger partial charge in [0.15, 0.2) is 6.61 Å². The van der Waals surface area contributed by atoms with E-state index >= 15 is 0 Å². The zero-order chi connectivity index (χ0) is 16.6. The molecule has 0 bridgehead atoms. The predicted molar refractivity (Wildman–Crippen MR) is 85.0 cm³/mol. The Kier molecular flexibility index (Phi) is 9.67. The highest BCUT2D eigenvalue weighted by Gasteiger charge is 2.28. The van der Waals surface area contributed by atoms with Crippen molar-refractivity contribution in [1.82, 2.24) is 10.6 Å². The molecule has 0 radical (unpaired) electrons.